The first-order valence-electron chi connectivity index (χ1n) is 7.96. The molecule has 1 unspecified atom stereocenters. The van der Waals surface area contributed by atoms with Crippen LogP contribution in [0.2, 0.25) is 0 Å². The van der Waals surface area contributed by atoms with Crippen molar-refractivity contribution in [1.82, 2.24) is 10.6 Å². The molecule has 2 N–H and O–H groups in total. The summed E-state index contributed by atoms with van der Waals surface area (Å²) in [6.45, 7) is 6.22. The highest BCUT2D eigenvalue weighted by atomic mass is 32.2. The summed E-state index contributed by atoms with van der Waals surface area (Å²) in [5.41, 5.74) is 2.37. The van der Waals surface area contributed by atoms with Crippen LogP contribution in [0, 0.1) is 6.92 Å². The molecule has 7 heteroatoms. The molecule has 0 radical (unpaired) electrons. The van der Waals surface area contributed by atoms with Gasteiger partial charge in [0.1, 0.15) is 0 Å². The molecule has 0 spiro atoms. The van der Waals surface area contributed by atoms with E-state index in [9.17, 15) is 13.2 Å². The Morgan fingerprint density at radius 2 is 2.09 bits per heavy atom. The fourth-order valence-electron chi connectivity index (χ4n) is 2.82. The molecule has 23 heavy (non-hydrogen) atoms. The van der Waals surface area contributed by atoms with Crippen LogP contribution in [0.3, 0.4) is 0 Å². The van der Waals surface area contributed by atoms with Crippen LogP contribution in [0.1, 0.15) is 18.9 Å². The number of likely N-dealkylation sites (N-methyl/N-ethyl adjacent to an activating group) is 1. The number of amides is 2. The summed E-state index contributed by atoms with van der Waals surface area (Å²) >= 11 is 0. The maximum absolute atomic E-state index is 11.8. The average molecular weight is 339 g/mol. The molecule has 1 aliphatic rings. The zero-order valence-corrected chi connectivity index (χ0v) is 14.5. The van der Waals surface area contributed by atoms with Crippen molar-refractivity contribution in [2.75, 3.05) is 36.0 Å². The van der Waals surface area contributed by atoms with E-state index in [0.29, 0.717) is 19.5 Å². The Kier molecular flexibility index (Phi) is 5.87. The van der Waals surface area contributed by atoms with Gasteiger partial charge in [0, 0.05) is 31.4 Å². The van der Waals surface area contributed by atoms with E-state index in [1.807, 2.05) is 12.1 Å². The topological polar surface area (TPSA) is 78.5 Å². The van der Waals surface area contributed by atoms with Gasteiger partial charge in [-0.05, 0) is 31.9 Å². The van der Waals surface area contributed by atoms with Crippen molar-refractivity contribution >= 4 is 21.6 Å². The molecule has 6 nitrogen and oxygen atoms in total. The molecule has 128 valence electrons. The molecule has 1 aromatic carbocycles. The largest absolute Gasteiger partial charge is 0.370 e. The number of sulfone groups is 1. The number of para-hydroxylation sites is 1. The number of urea groups is 1. The lowest BCUT2D eigenvalue weighted by Gasteiger charge is -2.25. The first kappa shape index (κ1) is 17.6. The Balaban J connectivity index is 1.77. The molecule has 1 aliphatic heterocycles. The molecule has 1 heterocycles. The van der Waals surface area contributed by atoms with Gasteiger partial charge >= 0.3 is 6.03 Å². The molecule has 2 rings (SSSR count). The Morgan fingerprint density at radius 3 is 2.70 bits per heavy atom. The highest BCUT2D eigenvalue weighted by Crippen LogP contribution is 2.18. The number of nitrogens with zero attached hydrogens (tertiary/aromatic N) is 1. The molecule has 0 aromatic heterocycles. The van der Waals surface area contributed by atoms with Gasteiger partial charge in [0.05, 0.1) is 11.5 Å². The maximum Gasteiger partial charge on any atom is 0.315 e. The number of hydrogen-bond acceptors (Lipinski definition) is 4. The number of nitrogens with one attached hydrogen (secondary N) is 2. The van der Waals surface area contributed by atoms with Gasteiger partial charge < -0.3 is 15.5 Å². The predicted octanol–water partition coefficient (Wildman–Crippen LogP) is 1.31. The highest BCUT2D eigenvalue weighted by molar-refractivity contribution is 7.91. The van der Waals surface area contributed by atoms with E-state index in [2.05, 4.69) is 41.5 Å². The van der Waals surface area contributed by atoms with Crippen molar-refractivity contribution in [3.8, 4) is 0 Å². The zero-order valence-electron chi connectivity index (χ0n) is 13.7. The second-order valence-corrected chi connectivity index (χ2v) is 8.10. The fraction of sp³-hybridized carbons (Fsp3) is 0.562. The lowest BCUT2D eigenvalue weighted by atomic mass is 10.2. The summed E-state index contributed by atoms with van der Waals surface area (Å²) in [6, 6.07) is 7.59. The van der Waals surface area contributed by atoms with Gasteiger partial charge in [-0.25, -0.2) is 13.2 Å². The first-order valence-corrected chi connectivity index (χ1v) is 9.79. The van der Waals surface area contributed by atoms with Gasteiger partial charge in [-0.2, -0.15) is 0 Å². The molecule has 1 atom stereocenters. The third-order valence-electron chi connectivity index (χ3n) is 4.07. The number of carbonyl (C=O) groups excluding carboxylic acids is 1. The molecule has 1 saturated heterocycles. The number of hydrogen-bond donors (Lipinski definition) is 2. The Labute approximate surface area is 138 Å². The maximum atomic E-state index is 11.8. The van der Waals surface area contributed by atoms with Crippen molar-refractivity contribution in [2.24, 2.45) is 0 Å². The average Bonchev–Trinajstić information content (AvgIpc) is 2.83. The van der Waals surface area contributed by atoms with E-state index in [4.69, 9.17) is 0 Å². The van der Waals surface area contributed by atoms with Crippen LogP contribution < -0.4 is 15.5 Å². The lowest BCUT2D eigenvalue weighted by molar-refractivity contribution is 0.238. The number of benzene rings is 1. The predicted molar refractivity (Wildman–Crippen MR) is 92.7 cm³/mol. The number of aryl methyl sites for hydroxylation is 1. The van der Waals surface area contributed by atoms with Gasteiger partial charge in [0.25, 0.3) is 0 Å². The van der Waals surface area contributed by atoms with E-state index < -0.39 is 9.84 Å². The number of carbonyl (C=O) groups is 1. The summed E-state index contributed by atoms with van der Waals surface area (Å²) in [4.78, 5) is 14.1. The number of rotatable bonds is 6. The smallest absolute Gasteiger partial charge is 0.315 e. The van der Waals surface area contributed by atoms with E-state index >= 15 is 0 Å². The van der Waals surface area contributed by atoms with Gasteiger partial charge in [-0.3, -0.25) is 0 Å². The third kappa shape index (κ3) is 5.13. The van der Waals surface area contributed by atoms with E-state index in [1.165, 1.54) is 11.3 Å². The SMILES string of the molecule is CCN(CCNC(=O)NC1CCS(=O)(=O)C1)c1ccccc1C. The molecule has 0 saturated carbocycles. The van der Waals surface area contributed by atoms with Crippen LogP contribution in [0.5, 0.6) is 0 Å². The molecular weight excluding hydrogens is 314 g/mol. The van der Waals surface area contributed by atoms with Crippen LogP contribution in [-0.2, 0) is 9.84 Å². The summed E-state index contributed by atoms with van der Waals surface area (Å²) in [5.74, 6) is 0.208. The summed E-state index contributed by atoms with van der Waals surface area (Å²) in [6.07, 6.45) is 0.500. The van der Waals surface area contributed by atoms with Crippen LogP contribution >= 0.6 is 0 Å². The van der Waals surface area contributed by atoms with Crippen LogP contribution in [0.4, 0.5) is 10.5 Å². The van der Waals surface area contributed by atoms with Gasteiger partial charge in [-0.1, -0.05) is 18.2 Å². The first-order chi connectivity index (χ1) is 10.9. The minimum Gasteiger partial charge on any atom is -0.370 e. The third-order valence-corrected chi connectivity index (χ3v) is 5.84. The van der Waals surface area contributed by atoms with E-state index in [1.54, 1.807) is 0 Å². The number of anilines is 1. The van der Waals surface area contributed by atoms with Gasteiger partial charge in [0.2, 0.25) is 0 Å². The molecule has 0 aliphatic carbocycles. The summed E-state index contributed by atoms with van der Waals surface area (Å²) in [5, 5.41) is 5.53. The fourth-order valence-corrected chi connectivity index (χ4v) is 4.49. The van der Waals surface area contributed by atoms with Crippen molar-refractivity contribution in [2.45, 2.75) is 26.3 Å². The van der Waals surface area contributed by atoms with Gasteiger partial charge in [-0.15, -0.1) is 0 Å². The quantitative estimate of drug-likeness (QED) is 0.819. The Bertz CT molecular complexity index is 646. The summed E-state index contributed by atoms with van der Waals surface area (Å²) < 4.78 is 22.8. The van der Waals surface area contributed by atoms with Crippen LogP contribution in [0.15, 0.2) is 24.3 Å². The standard InChI is InChI=1S/C16H25N3O3S/c1-3-19(15-7-5-4-6-13(15)2)10-9-17-16(20)18-14-8-11-23(21,22)12-14/h4-7,14H,3,8-12H2,1-2H3,(H2,17,18,20). The molecule has 2 amide bonds. The minimum atomic E-state index is -2.97. The molecule has 1 aromatic rings. The van der Waals surface area contributed by atoms with E-state index in [-0.39, 0.29) is 23.6 Å². The molecular formula is C16H25N3O3S. The normalized spacial score (nSPS) is 19.3. The minimum absolute atomic E-state index is 0.0463. The van der Waals surface area contributed by atoms with Crippen LogP contribution in [0.25, 0.3) is 0 Å². The van der Waals surface area contributed by atoms with Gasteiger partial charge in [0.15, 0.2) is 9.84 Å². The highest BCUT2D eigenvalue weighted by Gasteiger charge is 2.28. The van der Waals surface area contributed by atoms with Crippen molar-refractivity contribution in [3.05, 3.63) is 29.8 Å². The monoisotopic (exact) mass is 339 g/mol. The van der Waals surface area contributed by atoms with Crippen LogP contribution in [-0.4, -0.2) is 51.6 Å². The van der Waals surface area contributed by atoms with Crippen molar-refractivity contribution < 1.29 is 13.2 Å². The second kappa shape index (κ2) is 7.68. The lowest BCUT2D eigenvalue weighted by Crippen LogP contribution is -2.45. The second-order valence-electron chi connectivity index (χ2n) is 5.87. The zero-order chi connectivity index (χ0) is 16.9. The Morgan fingerprint density at radius 1 is 1.35 bits per heavy atom. The summed E-state index contributed by atoms with van der Waals surface area (Å²) in [7, 11) is -2.97. The Hall–Kier alpha value is -1.76. The molecule has 0 bridgehead atoms. The van der Waals surface area contributed by atoms with E-state index in [0.717, 1.165) is 6.54 Å². The van der Waals surface area contributed by atoms with Crippen molar-refractivity contribution in [3.63, 3.8) is 0 Å². The van der Waals surface area contributed by atoms with Crippen molar-refractivity contribution in [1.29, 1.82) is 0 Å². The molecule has 1 fully saturated rings.